The van der Waals surface area contributed by atoms with Crippen molar-refractivity contribution in [2.75, 3.05) is 6.54 Å². The molecule has 0 heterocycles. The number of hydrogen-bond donors (Lipinski definition) is 3. The van der Waals surface area contributed by atoms with Crippen LogP contribution in [0.25, 0.3) is 0 Å². The molecule has 0 unspecified atom stereocenters. The SMILES string of the molecule is CC(C)(CC(=O)O)CC(=O)NC(=O)NCC1(C)CCC1. The molecule has 114 valence electrons. The highest BCUT2D eigenvalue weighted by Crippen LogP contribution is 2.39. The molecular weight excluding hydrogens is 260 g/mol. The fourth-order valence-electron chi connectivity index (χ4n) is 2.37. The lowest BCUT2D eigenvalue weighted by atomic mass is 9.70. The number of amides is 3. The molecule has 20 heavy (non-hydrogen) atoms. The molecule has 0 saturated heterocycles. The van der Waals surface area contributed by atoms with E-state index >= 15 is 0 Å². The van der Waals surface area contributed by atoms with E-state index in [0.29, 0.717) is 6.54 Å². The van der Waals surface area contributed by atoms with Crippen LogP contribution in [0.15, 0.2) is 0 Å². The number of aliphatic carboxylic acids is 1. The van der Waals surface area contributed by atoms with Gasteiger partial charge in [0.05, 0.1) is 6.42 Å². The molecule has 0 atom stereocenters. The Bertz CT molecular complexity index is 400. The van der Waals surface area contributed by atoms with E-state index < -0.39 is 23.3 Å². The number of carboxylic acid groups (broad SMARTS) is 1. The van der Waals surface area contributed by atoms with Crippen LogP contribution in [-0.4, -0.2) is 29.6 Å². The average molecular weight is 284 g/mol. The Hall–Kier alpha value is -1.59. The summed E-state index contributed by atoms with van der Waals surface area (Å²) >= 11 is 0. The van der Waals surface area contributed by atoms with E-state index in [1.165, 1.54) is 6.42 Å². The van der Waals surface area contributed by atoms with Gasteiger partial charge in [-0.2, -0.15) is 0 Å². The van der Waals surface area contributed by atoms with E-state index in [1.54, 1.807) is 13.8 Å². The molecule has 1 saturated carbocycles. The minimum atomic E-state index is -0.954. The van der Waals surface area contributed by atoms with Crippen LogP contribution in [0.5, 0.6) is 0 Å². The van der Waals surface area contributed by atoms with Crippen molar-refractivity contribution in [2.45, 2.75) is 52.9 Å². The Kier molecular flexibility index (Phi) is 5.14. The van der Waals surface area contributed by atoms with Crippen LogP contribution in [0.1, 0.15) is 52.9 Å². The van der Waals surface area contributed by atoms with E-state index in [2.05, 4.69) is 17.6 Å². The zero-order valence-corrected chi connectivity index (χ0v) is 12.4. The Balaban J connectivity index is 2.30. The van der Waals surface area contributed by atoms with Crippen molar-refractivity contribution < 1.29 is 19.5 Å². The van der Waals surface area contributed by atoms with Gasteiger partial charge in [0.15, 0.2) is 0 Å². The zero-order valence-electron chi connectivity index (χ0n) is 12.4. The molecule has 6 heteroatoms. The molecule has 1 rings (SSSR count). The van der Waals surface area contributed by atoms with Gasteiger partial charge in [-0.3, -0.25) is 14.9 Å². The first kappa shape index (κ1) is 16.5. The maximum atomic E-state index is 11.7. The van der Waals surface area contributed by atoms with Crippen molar-refractivity contribution in [2.24, 2.45) is 10.8 Å². The maximum absolute atomic E-state index is 11.7. The Morgan fingerprint density at radius 1 is 1.20 bits per heavy atom. The predicted molar refractivity (Wildman–Crippen MR) is 74.2 cm³/mol. The molecule has 0 radical (unpaired) electrons. The summed E-state index contributed by atoms with van der Waals surface area (Å²) in [5.74, 6) is -1.40. The first-order valence-electron chi connectivity index (χ1n) is 6.91. The number of hydrogen-bond acceptors (Lipinski definition) is 3. The van der Waals surface area contributed by atoms with Crippen LogP contribution in [0, 0.1) is 10.8 Å². The second-order valence-corrected chi connectivity index (χ2v) is 6.81. The largest absolute Gasteiger partial charge is 0.481 e. The molecule has 6 nitrogen and oxygen atoms in total. The number of urea groups is 1. The summed E-state index contributed by atoms with van der Waals surface area (Å²) in [4.78, 5) is 33.9. The van der Waals surface area contributed by atoms with Crippen LogP contribution in [0.4, 0.5) is 4.79 Å². The third-order valence-corrected chi connectivity index (χ3v) is 3.76. The summed E-state index contributed by atoms with van der Waals surface area (Å²) in [6, 6.07) is -0.505. The first-order valence-corrected chi connectivity index (χ1v) is 6.91. The van der Waals surface area contributed by atoms with Gasteiger partial charge in [0.2, 0.25) is 5.91 Å². The summed E-state index contributed by atoms with van der Waals surface area (Å²) in [6.07, 6.45) is 3.26. The highest BCUT2D eigenvalue weighted by molar-refractivity contribution is 5.94. The summed E-state index contributed by atoms with van der Waals surface area (Å²) in [7, 11) is 0. The van der Waals surface area contributed by atoms with Gasteiger partial charge in [-0.15, -0.1) is 0 Å². The van der Waals surface area contributed by atoms with Gasteiger partial charge in [-0.25, -0.2) is 4.79 Å². The summed E-state index contributed by atoms with van der Waals surface area (Å²) in [6.45, 7) is 6.04. The fraction of sp³-hybridized carbons (Fsp3) is 0.786. The highest BCUT2D eigenvalue weighted by atomic mass is 16.4. The topological polar surface area (TPSA) is 95.5 Å². The number of imide groups is 1. The number of carbonyl (C=O) groups is 3. The lowest BCUT2D eigenvalue weighted by Crippen LogP contribution is -2.46. The molecule has 0 aromatic rings. The van der Waals surface area contributed by atoms with Crippen molar-refractivity contribution in [3.63, 3.8) is 0 Å². The van der Waals surface area contributed by atoms with Crippen molar-refractivity contribution in [3.8, 4) is 0 Å². The zero-order chi connectivity index (χ0) is 15.4. The van der Waals surface area contributed by atoms with Gasteiger partial charge in [-0.05, 0) is 23.7 Å². The maximum Gasteiger partial charge on any atom is 0.321 e. The van der Waals surface area contributed by atoms with E-state index in [0.717, 1.165) is 12.8 Å². The van der Waals surface area contributed by atoms with E-state index in [1.807, 2.05) is 0 Å². The molecular formula is C14H24N2O4. The van der Waals surface area contributed by atoms with E-state index in [-0.39, 0.29) is 18.3 Å². The third kappa shape index (κ3) is 5.59. The van der Waals surface area contributed by atoms with Gasteiger partial charge in [-0.1, -0.05) is 27.2 Å². The third-order valence-electron chi connectivity index (χ3n) is 3.76. The number of nitrogens with one attached hydrogen (secondary N) is 2. The minimum absolute atomic E-state index is 0.00396. The second-order valence-electron chi connectivity index (χ2n) is 6.81. The molecule has 1 fully saturated rings. The summed E-state index contributed by atoms with van der Waals surface area (Å²) in [5, 5.41) is 13.7. The number of carboxylic acids is 1. The molecule has 0 bridgehead atoms. The van der Waals surface area contributed by atoms with Crippen LogP contribution in [-0.2, 0) is 9.59 Å². The van der Waals surface area contributed by atoms with Crippen LogP contribution >= 0.6 is 0 Å². The summed E-state index contributed by atoms with van der Waals surface area (Å²) in [5.41, 5.74) is -0.515. The van der Waals surface area contributed by atoms with Gasteiger partial charge in [0.25, 0.3) is 0 Å². The highest BCUT2D eigenvalue weighted by Gasteiger charge is 2.32. The molecule has 0 aromatic heterocycles. The molecule has 0 spiro atoms. The molecule has 3 N–H and O–H groups in total. The van der Waals surface area contributed by atoms with Crippen molar-refractivity contribution in [1.29, 1.82) is 0 Å². The molecule has 1 aliphatic rings. The predicted octanol–water partition coefficient (Wildman–Crippen LogP) is 1.89. The molecule has 0 aromatic carbocycles. The van der Waals surface area contributed by atoms with Gasteiger partial charge in [0.1, 0.15) is 0 Å². The Morgan fingerprint density at radius 2 is 1.80 bits per heavy atom. The van der Waals surface area contributed by atoms with Crippen molar-refractivity contribution in [3.05, 3.63) is 0 Å². The minimum Gasteiger partial charge on any atom is -0.481 e. The second kappa shape index (κ2) is 6.24. The van der Waals surface area contributed by atoms with Crippen molar-refractivity contribution in [1.82, 2.24) is 10.6 Å². The van der Waals surface area contributed by atoms with E-state index in [9.17, 15) is 14.4 Å². The quantitative estimate of drug-likeness (QED) is 0.694. The average Bonchev–Trinajstić information content (AvgIpc) is 2.20. The summed E-state index contributed by atoms with van der Waals surface area (Å²) < 4.78 is 0. The van der Waals surface area contributed by atoms with Crippen LogP contribution < -0.4 is 10.6 Å². The fourth-order valence-corrected chi connectivity index (χ4v) is 2.37. The van der Waals surface area contributed by atoms with E-state index in [4.69, 9.17) is 5.11 Å². The van der Waals surface area contributed by atoms with Gasteiger partial charge in [0, 0.05) is 13.0 Å². The number of rotatable bonds is 6. The van der Waals surface area contributed by atoms with Crippen LogP contribution in [0.2, 0.25) is 0 Å². The molecule has 3 amide bonds. The normalized spacial score (nSPS) is 16.9. The first-order chi connectivity index (χ1) is 9.12. The smallest absolute Gasteiger partial charge is 0.321 e. The monoisotopic (exact) mass is 284 g/mol. The van der Waals surface area contributed by atoms with Crippen LogP contribution in [0.3, 0.4) is 0 Å². The number of carbonyl (C=O) groups excluding carboxylic acids is 2. The Labute approximate surface area is 119 Å². The molecule has 1 aliphatic carbocycles. The van der Waals surface area contributed by atoms with Gasteiger partial charge < -0.3 is 10.4 Å². The standard InChI is InChI=1S/C14H24N2O4/c1-13(2,8-11(18)19)7-10(17)16-12(20)15-9-14(3)5-4-6-14/h4-9H2,1-3H3,(H,18,19)(H2,15,16,17,20). The van der Waals surface area contributed by atoms with Crippen molar-refractivity contribution >= 4 is 17.9 Å². The molecule has 0 aliphatic heterocycles. The Morgan fingerprint density at radius 3 is 2.25 bits per heavy atom. The lowest BCUT2D eigenvalue weighted by Gasteiger charge is -2.38. The lowest BCUT2D eigenvalue weighted by molar-refractivity contribution is -0.139. The van der Waals surface area contributed by atoms with Gasteiger partial charge >= 0.3 is 12.0 Å².